The number of nitrogens with zero attached hydrogens (tertiary/aromatic N) is 4. The first-order chi connectivity index (χ1) is 47.1. The highest BCUT2D eigenvalue weighted by atomic mass is 16.8. The molecule has 4 saturated heterocycles. The molecule has 42 heteroatoms. The molecular weight excluding hydrogens is 1360 g/mol. The van der Waals surface area contributed by atoms with E-state index in [9.17, 15) is 67.1 Å². The van der Waals surface area contributed by atoms with Crippen LogP contribution in [0.5, 0.6) is 12.0 Å². The van der Waals surface area contributed by atoms with Crippen LogP contribution in [0.1, 0.15) is 96.9 Å². The summed E-state index contributed by atoms with van der Waals surface area (Å²) in [5.41, 5.74) is 0. The molecule has 0 aromatic carbocycles. The summed E-state index contributed by atoms with van der Waals surface area (Å²) in [5.74, 6) is -13.2. The van der Waals surface area contributed by atoms with Crippen molar-refractivity contribution in [1.82, 2.24) is 20.4 Å². The van der Waals surface area contributed by atoms with E-state index in [2.05, 4.69) is 20.4 Å². The highest BCUT2D eigenvalue weighted by molar-refractivity contribution is 5.71. The van der Waals surface area contributed by atoms with Crippen LogP contribution < -0.4 is 9.47 Å². The zero-order valence-corrected chi connectivity index (χ0v) is 56.5. The third-order valence-corrected chi connectivity index (χ3v) is 13.4. The zero-order valence-electron chi connectivity index (χ0n) is 56.5. The van der Waals surface area contributed by atoms with Crippen LogP contribution in [0.15, 0.2) is 0 Å². The number of carbonyl (C=O) groups excluding carboxylic acids is 14. The maximum absolute atomic E-state index is 12.9. The number of carbonyl (C=O) groups is 14. The molecule has 4 aliphatic heterocycles. The third kappa shape index (κ3) is 25.8. The summed E-state index contributed by atoms with van der Waals surface area (Å²) in [7, 11) is 0. The second-order valence-electron chi connectivity index (χ2n) is 21.7. The molecular formula is C58H78N4O38. The molecule has 20 atom stereocenters. The first kappa shape index (κ1) is 81.5. The monoisotopic (exact) mass is 1440 g/mol. The number of rotatable bonds is 32. The van der Waals surface area contributed by atoms with Gasteiger partial charge in [0, 0.05) is 96.9 Å². The minimum Gasteiger partial charge on any atom is -0.463 e. The lowest BCUT2D eigenvalue weighted by Gasteiger charge is -2.48. The van der Waals surface area contributed by atoms with Gasteiger partial charge in [-0.3, -0.25) is 67.1 Å². The van der Waals surface area contributed by atoms with Gasteiger partial charge in [-0.15, -0.1) is 0 Å². The first-order valence-corrected chi connectivity index (χ1v) is 30.4. The molecule has 0 unspecified atom stereocenters. The van der Waals surface area contributed by atoms with Gasteiger partial charge in [-0.05, 0) is 0 Å². The highest BCUT2D eigenvalue weighted by Gasteiger charge is 2.60. The predicted octanol–water partition coefficient (Wildman–Crippen LogP) is -2.70. The van der Waals surface area contributed by atoms with Gasteiger partial charge >= 0.3 is 95.6 Å². The fraction of sp³-hybridized carbons (Fsp3) is 0.724. The quantitative estimate of drug-likeness (QED) is 0.0402. The second kappa shape index (κ2) is 39.0. The normalized spacial score (nSPS) is 29.2. The molecule has 5 rings (SSSR count). The van der Waals surface area contributed by atoms with Gasteiger partial charge < -0.3 is 114 Å². The Labute approximate surface area is 568 Å². The van der Waals surface area contributed by atoms with Gasteiger partial charge in [-0.25, -0.2) is 0 Å². The van der Waals surface area contributed by atoms with Crippen molar-refractivity contribution in [2.24, 2.45) is 0 Å². The van der Waals surface area contributed by atoms with Gasteiger partial charge in [0.05, 0.1) is 13.2 Å². The van der Waals surface area contributed by atoms with Gasteiger partial charge in [0.25, 0.3) is 0 Å². The summed E-state index contributed by atoms with van der Waals surface area (Å²) in [6.45, 7) is 9.39. The van der Waals surface area contributed by atoms with E-state index in [-0.39, 0.29) is 0 Å². The Bertz CT molecular complexity index is 2850. The summed E-state index contributed by atoms with van der Waals surface area (Å²) in [6, 6.07) is -0.958. The van der Waals surface area contributed by atoms with Crippen molar-refractivity contribution in [3.05, 3.63) is 0 Å². The average molecular weight is 1440 g/mol. The Morgan fingerprint density at radius 3 is 0.690 bits per heavy atom. The number of esters is 14. The van der Waals surface area contributed by atoms with E-state index in [0.29, 0.717) is 0 Å². The van der Waals surface area contributed by atoms with Crippen molar-refractivity contribution >= 4 is 83.6 Å². The van der Waals surface area contributed by atoms with E-state index >= 15 is 0 Å². The minimum atomic E-state index is -1.94. The van der Waals surface area contributed by atoms with Crippen molar-refractivity contribution in [1.29, 1.82) is 0 Å². The molecule has 0 amide bonds. The second-order valence-corrected chi connectivity index (χ2v) is 21.7. The van der Waals surface area contributed by atoms with E-state index in [4.69, 9.17) is 114 Å². The fourth-order valence-electron chi connectivity index (χ4n) is 10.1. The lowest BCUT2D eigenvalue weighted by molar-refractivity contribution is -0.361. The molecule has 5 heterocycles. The maximum Gasteiger partial charge on any atom is 0.355 e. The Balaban J connectivity index is 1.33. The van der Waals surface area contributed by atoms with Crippen LogP contribution in [0.3, 0.4) is 0 Å². The third-order valence-electron chi connectivity index (χ3n) is 13.4. The first-order valence-electron chi connectivity index (χ1n) is 30.4. The molecule has 4 aliphatic rings. The van der Waals surface area contributed by atoms with Gasteiger partial charge in [0.2, 0.25) is 0 Å². The molecule has 0 saturated carbocycles. The van der Waals surface area contributed by atoms with Crippen molar-refractivity contribution in [3.8, 4) is 12.0 Å². The van der Waals surface area contributed by atoms with Crippen molar-refractivity contribution in [3.63, 3.8) is 0 Å². The molecule has 100 heavy (non-hydrogen) atoms. The maximum atomic E-state index is 12.9. The van der Waals surface area contributed by atoms with Crippen LogP contribution in [0.2, 0.25) is 0 Å². The summed E-state index contributed by atoms with van der Waals surface area (Å²) >= 11 is 0. The van der Waals surface area contributed by atoms with Crippen LogP contribution >= 0.6 is 0 Å². The Kier molecular flexibility index (Phi) is 31.8. The standard InChI is InChI=1S/C58H78N4O38/c1-23(63)81-19-37-41(85-27(5)67)45(87-29(7)69)51(93-35(13)75)55(97-37)99-43-39(21-83-25(3)65)95-53(49(91-33(11)73)47(43)89-31(9)71)77-15-17-79-57-59-61-58(62-60-57)80-18-16-78-54-50(92-34(12)74)48(90-32(10)72)44(40(96-54)22-84-26(4)66)100-56-52(94-36(14)76)46(88-30(8)70)42(86-28(6)68)38(98-56)20-82-24(2)64/h37-56H,15-22H2,1-14H3/t37-,38-,39-,40-,41+,42+,43-,44-,45+,46+,47+,48+,49-,50-,51-,52-,53-,54-,55+,56+/m1/s1. The Morgan fingerprint density at radius 2 is 0.450 bits per heavy atom. The van der Waals surface area contributed by atoms with Gasteiger partial charge in [-0.1, -0.05) is 20.4 Å². The fourth-order valence-corrected chi connectivity index (χ4v) is 10.1. The number of ether oxygens (including phenoxy) is 24. The van der Waals surface area contributed by atoms with E-state index in [0.717, 1.165) is 96.9 Å². The SMILES string of the molecule is CC(=O)OC[C@H]1O[C@@H](O[C@H]2[C@H](OC(C)=O)[C@@H](OC(C)=O)[C@H](OCCOc3nnc(OCCO[C@@H]4O[C@H](COC(C)=O)[C@@H](O[C@@H]5O[C@H](COC(C)=O)[C@H](OC(C)=O)[C@H](OC(C)=O)[C@H]5OC(C)=O)[C@H](OC(C)=O)[C@H]4OC(C)=O)nn3)O[C@@H]2COC(C)=O)[C@H](OC(C)=O)[C@@H](OC(C)=O)[C@H]1OC(C)=O. The lowest BCUT2D eigenvalue weighted by atomic mass is 9.96. The molecule has 0 bridgehead atoms. The van der Waals surface area contributed by atoms with Gasteiger partial charge in [0.1, 0.15) is 76.3 Å². The summed E-state index contributed by atoms with van der Waals surface area (Å²) in [5, 5.41) is 15.2. The zero-order chi connectivity index (χ0) is 74.2. The van der Waals surface area contributed by atoms with Crippen molar-refractivity contribution in [2.45, 2.75) is 220 Å². The predicted molar refractivity (Wildman–Crippen MR) is 307 cm³/mol. The minimum absolute atomic E-state index is 0.451. The van der Waals surface area contributed by atoms with Crippen LogP contribution in [0, 0.1) is 0 Å². The summed E-state index contributed by atoms with van der Waals surface area (Å²) in [6.07, 6.45) is -34.6. The molecule has 0 aliphatic carbocycles. The van der Waals surface area contributed by atoms with Gasteiger partial charge in [0.15, 0.2) is 86.2 Å². The smallest absolute Gasteiger partial charge is 0.355 e. The van der Waals surface area contributed by atoms with Gasteiger partial charge in [-0.2, -0.15) is 0 Å². The molecule has 0 radical (unpaired) electrons. The lowest BCUT2D eigenvalue weighted by Crippen LogP contribution is -2.67. The summed E-state index contributed by atoms with van der Waals surface area (Å²) < 4.78 is 136. The molecule has 1 aromatic rings. The number of hydrogen-bond donors (Lipinski definition) is 0. The molecule has 0 N–H and O–H groups in total. The average Bonchev–Trinajstić information content (AvgIpc) is 0.773. The Morgan fingerprint density at radius 1 is 0.250 bits per heavy atom. The summed E-state index contributed by atoms with van der Waals surface area (Å²) in [4.78, 5) is 175. The van der Waals surface area contributed by atoms with Crippen LogP contribution in [0.25, 0.3) is 0 Å². The van der Waals surface area contributed by atoms with E-state index in [1.54, 1.807) is 0 Å². The number of hydrogen-bond acceptors (Lipinski definition) is 42. The molecule has 0 spiro atoms. The molecule has 558 valence electrons. The van der Waals surface area contributed by atoms with Crippen molar-refractivity contribution in [2.75, 3.05) is 52.9 Å². The molecule has 1 aromatic heterocycles. The Hall–Kier alpha value is -9.20. The topological polar surface area (TPSA) is 512 Å². The van der Waals surface area contributed by atoms with Crippen LogP contribution in [-0.4, -0.2) is 280 Å². The van der Waals surface area contributed by atoms with E-state index in [1.165, 1.54) is 0 Å². The van der Waals surface area contributed by atoms with Crippen LogP contribution in [-0.2, 0) is 171 Å². The van der Waals surface area contributed by atoms with Crippen LogP contribution in [0.4, 0.5) is 0 Å². The molecule has 4 fully saturated rings. The highest BCUT2D eigenvalue weighted by Crippen LogP contribution is 2.38. The number of aromatic nitrogens is 4. The van der Waals surface area contributed by atoms with E-state index in [1.807, 2.05) is 0 Å². The van der Waals surface area contributed by atoms with Crippen molar-refractivity contribution < 1.29 is 181 Å². The largest absolute Gasteiger partial charge is 0.463 e. The molecule has 42 nitrogen and oxygen atoms in total. The van der Waals surface area contributed by atoms with E-state index < -0.39 is 271 Å².